The van der Waals surface area contributed by atoms with Crippen LogP contribution in [-0.2, 0) is 4.74 Å². The third kappa shape index (κ3) is 1.41. The zero-order valence-corrected chi connectivity index (χ0v) is 6.92. The maximum absolute atomic E-state index is 8.92. The molecule has 2 rings (SSSR count). The summed E-state index contributed by atoms with van der Waals surface area (Å²) in [6.45, 7) is 2.08. The van der Waals surface area contributed by atoms with Crippen LogP contribution in [0.25, 0.3) is 0 Å². The molecule has 1 atom stereocenters. The molecule has 0 aromatic carbocycles. The molecule has 1 saturated carbocycles. The van der Waals surface area contributed by atoms with E-state index in [4.69, 9.17) is 9.84 Å². The number of rotatable bonds is 1. The van der Waals surface area contributed by atoms with Gasteiger partial charge in [-0.1, -0.05) is 0 Å². The molecule has 1 unspecified atom stereocenters. The van der Waals surface area contributed by atoms with E-state index in [0.717, 1.165) is 13.1 Å². The van der Waals surface area contributed by atoms with Crippen LogP contribution in [0.5, 0.6) is 0 Å². The Kier molecular flexibility index (Phi) is 1.67. The van der Waals surface area contributed by atoms with Crippen molar-refractivity contribution in [3.63, 3.8) is 0 Å². The largest absolute Gasteiger partial charge is 0.394 e. The van der Waals surface area contributed by atoms with Crippen molar-refractivity contribution in [2.24, 2.45) is 0 Å². The number of likely N-dealkylation sites (N-methyl/N-ethyl adjacent to an activating group) is 1. The van der Waals surface area contributed by atoms with Gasteiger partial charge < -0.3 is 14.7 Å². The average Bonchev–Trinajstić information content (AvgIpc) is 2.67. The van der Waals surface area contributed by atoms with Gasteiger partial charge in [0.05, 0.1) is 18.3 Å². The fourth-order valence-electron chi connectivity index (χ4n) is 1.84. The Hall–Kier alpha value is -0.120. The summed E-state index contributed by atoms with van der Waals surface area (Å²) in [7, 11) is 2.09. The monoisotopic (exact) mass is 157 g/mol. The second-order valence-electron chi connectivity index (χ2n) is 3.80. The van der Waals surface area contributed by atoms with Crippen LogP contribution in [0.15, 0.2) is 0 Å². The van der Waals surface area contributed by atoms with Crippen molar-refractivity contribution in [1.29, 1.82) is 0 Å². The van der Waals surface area contributed by atoms with Crippen LogP contribution >= 0.6 is 0 Å². The number of aliphatic hydroxyl groups excluding tert-OH is 1. The molecule has 1 aliphatic carbocycles. The van der Waals surface area contributed by atoms with Crippen LogP contribution in [0.2, 0.25) is 0 Å². The Morgan fingerprint density at radius 1 is 1.64 bits per heavy atom. The van der Waals surface area contributed by atoms with Crippen molar-refractivity contribution < 1.29 is 9.84 Å². The maximum Gasteiger partial charge on any atom is 0.0940 e. The molecule has 64 valence electrons. The molecular formula is C8H15NO2. The summed E-state index contributed by atoms with van der Waals surface area (Å²) >= 11 is 0. The number of hydrogen-bond donors (Lipinski definition) is 1. The molecule has 2 fully saturated rings. The lowest BCUT2D eigenvalue weighted by Crippen LogP contribution is -2.48. The molecule has 0 amide bonds. The SMILES string of the molecule is CN1CC(CO)OC2(CC2)C1. The van der Waals surface area contributed by atoms with Crippen molar-refractivity contribution in [3.05, 3.63) is 0 Å². The van der Waals surface area contributed by atoms with E-state index >= 15 is 0 Å². The Bertz CT molecular complexity index is 156. The van der Waals surface area contributed by atoms with Crippen LogP contribution in [0.1, 0.15) is 12.8 Å². The molecule has 1 spiro atoms. The van der Waals surface area contributed by atoms with Gasteiger partial charge in [-0.25, -0.2) is 0 Å². The molecule has 1 N–H and O–H groups in total. The Morgan fingerprint density at radius 3 is 2.91 bits per heavy atom. The van der Waals surface area contributed by atoms with E-state index < -0.39 is 0 Å². The van der Waals surface area contributed by atoms with E-state index in [1.54, 1.807) is 0 Å². The summed E-state index contributed by atoms with van der Waals surface area (Å²) < 4.78 is 5.71. The van der Waals surface area contributed by atoms with E-state index in [1.807, 2.05) is 0 Å². The number of morpholine rings is 1. The molecule has 2 aliphatic rings. The molecule has 1 heterocycles. The van der Waals surface area contributed by atoms with Crippen molar-refractivity contribution in [2.75, 3.05) is 26.7 Å². The van der Waals surface area contributed by atoms with Crippen molar-refractivity contribution in [3.8, 4) is 0 Å². The van der Waals surface area contributed by atoms with E-state index in [1.165, 1.54) is 12.8 Å². The first-order chi connectivity index (χ1) is 5.24. The number of aliphatic hydroxyl groups is 1. The predicted molar refractivity (Wildman–Crippen MR) is 41.4 cm³/mol. The van der Waals surface area contributed by atoms with Gasteiger partial charge in [-0.15, -0.1) is 0 Å². The van der Waals surface area contributed by atoms with Crippen LogP contribution in [0.3, 0.4) is 0 Å². The highest BCUT2D eigenvalue weighted by atomic mass is 16.5. The molecule has 11 heavy (non-hydrogen) atoms. The third-order valence-electron chi connectivity index (χ3n) is 2.50. The minimum atomic E-state index is 0.0521. The molecule has 3 nitrogen and oxygen atoms in total. The van der Waals surface area contributed by atoms with Gasteiger partial charge in [0.2, 0.25) is 0 Å². The van der Waals surface area contributed by atoms with E-state index in [-0.39, 0.29) is 18.3 Å². The quantitative estimate of drug-likeness (QED) is 0.574. The highest BCUT2D eigenvalue weighted by Crippen LogP contribution is 2.43. The summed E-state index contributed by atoms with van der Waals surface area (Å²) in [4.78, 5) is 2.25. The smallest absolute Gasteiger partial charge is 0.0940 e. The third-order valence-corrected chi connectivity index (χ3v) is 2.50. The van der Waals surface area contributed by atoms with Crippen molar-refractivity contribution >= 4 is 0 Å². The number of hydrogen-bond acceptors (Lipinski definition) is 3. The van der Waals surface area contributed by atoms with E-state index in [9.17, 15) is 0 Å². The van der Waals surface area contributed by atoms with Gasteiger partial charge in [-0.05, 0) is 19.9 Å². The van der Waals surface area contributed by atoms with Crippen LogP contribution in [0, 0.1) is 0 Å². The second-order valence-corrected chi connectivity index (χ2v) is 3.80. The first-order valence-electron chi connectivity index (χ1n) is 4.21. The van der Waals surface area contributed by atoms with Crippen molar-refractivity contribution in [2.45, 2.75) is 24.5 Å². The maximum atomic E-state index is 8.92. The lowest BCUT2D eigenvalue weighted by Gasteiger charge is -2.35. The Balaban J connectivity index is 1.97. The lowest BCUT2D eigenvalue weighted by molar-refractivity contribution is -0.111. The number of ether oxygens (including phenoxy) is 1. The summed E-state index contributed by atoms with van der Waals surface area (Å²) in [6.07, 6.45) is 2.40. The van der Waals surface area contributed by atoms with Crippen LogP contribution < -0.4 is 0 Å². The van der Waals surface area contributed by atoms with Gasteiger partial charge in [0.1, 0.15) is 0 Å². The fraction of sp³-hybridized carbons (Fsp3) is 1.00. The lowest BCUT2D eigenvalue weighted by atomic mass is 10.2. The second kappa shape index (κ2) is 2.44. The Labute approximate surface area is 66.9 Å². The van der Waals surface area contributed by atoms with Gasteiger partial charge in [-0.2, -0.15) is 0 Å². The van der Waals surface area contributed by atoms with Gasteiger partial charge in [0, 0.05) is 13.1 Å². The highest BCUT2D eigenvalue weighted by molar-refractivity contribution is 5.01. The van der Waals surface area contributed by atoms with Crippen molar-refractivity contribution in [1.82, 2.24) is 4.90 Å². The van der Waals surface area contributed by atoms with Gasteiger partial charge >= 0.3 is 0 Å². The minimum Gasteiger partial charge on any atom is -0.394 e. The van der Waals surface area contributed by atoms with E-state index in [2.05, 4.69) is 11.9 Å². The highest BCUT2D eigenvalue weighted by Gasteiger charge is 2.49. The zero-order valence-electron chi connectivity index (χ0n) is 6.92. The summed E-state index contributed by atoms with van der Waals surface area (Å²) in [6, 6.07) is 0. The number of nitrogens with zero attached hydrogens (tertiary/aromatic N) is 1. The molecule has 3 heteroatoms. The van der Waals surface area contributed by atoms with E-state index in [0.29, 0.717) is 0 Å². The Morgan fingerprint density at radius 2 is 2.36 bits per heavy atom. The zero-order chi connectivity index (χ0) is 7.90. The molecule has 0 aromatic rings. The minimum absolute atomic E-state index is 0.0521. The summed E-state index contributed by atoms with van der Waals surface area (Å²) in [5.74, 6) is 0. The average molecular weight is 157 g/mol. The molecule has 1 saturated heterocycles. The fourth-order valence-corrected chi connectivity index (χ4v) is 1.84. The molecule has 0 radical (unpaired) electrons. The van der Waals surface area contributed by atoms with Gasteiger partial charge in [-0.3, -0.25) is 0 Å². The predicted octanol–water partition coefficient (Wildman–Crippen LogP) is -0.158. The molecule has 0 bridgehead atoms. The standard InChI is InChI=1S/C8H15NO2/c1-9-4-7(5-10)11-8(6-9)2-3-8/h7,10H,2-6H2,1H3. The molecular weight excluding hydrogens is 142 g/mol. The van der Waals surface area contributed by atoms with Crippen LogP contribution in [0.4, 0.5) is 0 Å². The topological polar surface area (TPSA) is 32.7 Å². The normalized spacial score (nSPS) is 36.0. The first kappa shape index (κ1) is 7.53. The van der Waals surface area contributed by atoms with Gasteiger partial charge in [0.25, 0.3) is 0 Å². The summed E-state index contributed by atoms with van der Waals surface area (Å²) in [5.41, 5.74) is 0.139. The summed E-state index contributed by atoms with van der Waals surface area (Å²) in [5, 5.41) is 8.92. The molecule has 1 aliphatic heterocycles. The first-order valence-corrected chi connectivity index (χ1v) is 4.21. The van der Waals surface area contributed by atoms with Gasteiger partial charge in [0.15, 0.2) is 0 Å². The molecule has 0 aromatic heterocycles. The van der Waals surface area contributed by atoms with Crippen LogP contribution in [-0.4, -0.2) is 48.5 Å².